The van der Waals surface area contributed by atoms with Gasteiger partial charge in [-0.05, 0) is 37.1 Å². The highest BCUT2D eigenvalue weighted by Crippen LogP contribution is 2.17. The molecule has 126 valence electrons. The minimum absolute atomic E-state index is 0.0426. The van der Waals surface area contributed by atoms with Gasteiger partial charge in [0.25, 0.3) is 0 Å². The van der Waals surface area contributed by atoms with Crippen LogP contribution < -0.4 is 9.46 Å². The van der Waals surface area contributed by atoms with Crippen molar-refractivity contribution in [2.45, 2.75) is 31.7 Å². The number of sulfonamides is 1. The highest BCUT2D eigenvalue weighted by Gasteiger charge is 2.29. The molecular formula is C16H21NO5S. The Labute approximate surface area is 137 Å². The number of nitrogens with one attached hydrogen (secondary N) is 1. The molecule has 0 heterocycles. The second-order valence-corrected chi connectivity index (χ2v) is 6.77. The van der Waals surface area contributed by atoms with Crippen LogP contribution in [0, 0.1) is 17.8 Å². The number of ether oxygens (including phenoxy) is 2. The molecule has 0 saturated carbocycles. The van der Waals surface area contributed by atoms with Crippen molar-refractivity contribution in [3.05, 3.63) is 24.3 Å². The zero-order valence-electron chi connectivity index (χ0n) is 13.6. The second-order valence-electron chi connectivity index (χ2n) is 5.05. The zero-order chi connectivity index (χ0) is 17.5. The summed E-state index contributed by atoms with van der Waals surface area (Å²) < 4.78 is 37.0. The first-order valence-electron chi connectivity index (χ1n) is 7.04. The standard InChI is InChI=1S/C16H21NO5S/c1-5-6-11-22-13-7-9-14(10-8-13)23(19,20)17-15(12(2)3)16(18)21-4/h7-10,12,15,17H,11H2,1-4H3. The molecule has 1 atom stereocenters. The third kappa shape index (κ3) is 5.58. The minimum atomic E-state index is -3.84. The SMILES string of the molecule is CC#CCOc1ccc(S(=O)(=O)NC(C(=O)OC)C(C)C)cc1. The Hall–Kier alpha value is -2.04. The van der Waals surface area contributed by atoms with Gasteiger partial charge in [-0.15, -0.1) is 5.92 Å². The smallest absolute Gasteiger partial charge is 0.324 e. The van der Waals surface area contributed by atoms with E-state index in [9.17, 15) is 13.2 Å². The molecule has 0 amide bonds. The highest BCUT2D eigenvalue weighted by atomic mass is 32.2. The predicted octanol–water partition coefficient (Wildman–Crippen LogP) is 1.56. The maximum Gasteiger partial charge on any atom is 0.324 e. The van der Waals surface area contributed by atoms with E-state index in [0.29, 0.717) is 5.75 Å². The Bertz CT molecular complexity index is 683. The van der Waals surface area contributed by atoms with Gasteiger partial charge < -0.3 is 9.47 Å². The fraction of sp³-hybridized carbons (Fsp3) is 0.438. The number of rotatable bonds is 7. The van der Waals surface area contributed by atoms with Gasteiger partial charge in [0.2, 0.25) is 10.0 Å². The number of esters is 1. The van der Waals surface area contributed by atoms with Crippen LogP contribution in [0.2, 0.25) is 0 Å². The Kier molecular flexibility index (Phi) is 7.07. The van der Waals surface area contributed by atoms with Gasteiger partial charge in [-0.25, -0.2) is 8.42 Å². The van der Waals surface area contributed by atoms with Crippen LogP contribution >= 0.6 is 0 Å². The van der Waals surface area contributed by atoms with Crippen LogP contribution in [0.3, 0.4) is 0 Å². The van der Waals surface area contributed by atoms with Gasteiger partial charge in [0.05, 0.1) is 12.0 Å². The molecule has 6 nitrogen and oxygen atoms in total. The monoisotopic (exact) mass is 339 g/mol. The molecule has 1 N–H and O–H groups in total. The van der Waals surface area contributed by atoms with Crippen LogP contribution in [0.4, 0.5) is 0 Å². The normalized spacial score (nSPS) is 12.2. The second kappa shape index (κ2) is 8.56. The number of methoxy groups -OCH3 is 1. The summed E-state index contributed by atoms with van der Waals surface area (Å²) in [6.07, 6.45) is 0. The Morgan fingerprint density at radius 2 is 1.87 bits per heavy atom. The van der Waals surface area contributed by atoms with Crippen LogP contribution in [0.25, 0.3) is 0 Å². The maximum absolute atomic E-state index is 12.4. The van der Waals surface area contributed by atoms with E-state index in [-0.39, 0.29) is 17.4 Å². The summed E-state index contributed by atoms with van der Waals surface area (Å²) in [6.45, 7) is 5.40. The molecule has 7 heteroatoms. The van der Waals surface area contributed by atoms with E-state index in [2.05, 4.69) is 21.3 Å². The van der Waals surface area contributed by atoms with Gasteiger partial charge in [0.1, 0.15) is 18.4 Å². The molecule has 23 heavy (non-hydrogen) atoms. The molecule has 0 aliphatic rings. The molecule has 0 radical (unpaired) electrons. The van der Waals surface area contributed by atoms with Crippen molar-refractivity contribution in [1.29, 1.82) is 0 Å². The maximum atomic E-state index is 12.4. The molecule has 0 aliphatic carbocycles. The molecule has 0 fully saturated rings. The van der Waals surface area contributed by atoms with Crippen molar-refractivity contribution in [2.24, 2.45) is 5.92 Å². The molecular weight excluding hydrogens is 318 g/mol. The van der Waals surface area contributed by atoms with Crippen molar-refractivity contribution in [3.63, 3.8) is 0 Å². The summed E-state index contributed by atoms with van der Waals surface area (Å²) in [5, 5.41) is 0. The van der Waals surface area contributed by atoms with Gasteiger partial charge in [-0.1, -0.05) is 19.8 Å². The Morgan fingerprint density at radius 1 is 1.26 bits per heavy atom. The predicted molar refractivity (Wildman–Crippen MR) is 86.4 cm³/mol. The van der Waals surface area contributed by atoms with Crippen molar-refractivity contribution in [2.75, 3.05) is 13.7 Å². The van der Waals surface area contributed by atoms with E-state index in [4.69, 9.17) is 4.74 Å². The van der Waals surface area contributed by atoms with Gasteiger partial charge in [-0.3, -0.25) is 4.79 Å². The van der Waals surface area contributed by atoms with Crippen molar-refractivity contribution < 1.29 is 22.7 Å². The molecule has 1 unspecified atom stereocenters. The third-order valence-electron chi connectivity index (χ3n) is 3.03. The molecule has 1 aromatic rings. The fourth-order valence-electron chi connectivity index (χ4n) is 1.73. The van der Waals surface area contributed by atoms with E-state index < -0.39 is 22.0 Å². The molecule has 1 aromatic carbocycles. The zero-order valence-corrected chi connectivity index (χ0v) is 14.4. The summed E-state index contributed by atoms with van der Waals surface area (Å²) in [4.78, 5) is 11.7. The average Bonchev–Trinajstić information content (AvgIpc) is 2.52. The lowest BCUT2D eigenvalue weighted by atomic mass is 10.1. The number of hydrogen-bond donors (Lipinski definition) is 1. The number of benzene rings is 1. The average molecular weight is 339 g/mol. The first-order chi connectivity index (χ1) is 10.8. The van der Waals surface area contributed by atoms with Crippen LogP contribution in [0.5, 0.6) is 5.75 Å². The molecule has 0 saturated heterocycles. The molecule has 0 aliphatic heterocycles. The molecule has 1 rings (SSSR count). The minimum Gasteiger partial charge on any atom is -0.481 e. The first kappa shape index (κ1) is 19.0. The van der Waals surface area contributed by atoms with Gasteiger partial charge in [0, 0.05) is 0 Å². The van der Waals surface area contributed by atoms with E-state index >= 15 is 0 Å². The van der Waals surface area contributed by atoms with Gasteiger partial charge in [0.15, 0.2) is 0 Å². The third-order valence-corrected chi connectivity index (χ3v) is 4.48. The molecule has 0 spiro atoms. The summed E-state index contributed by atoms with van der Waals surface area (Å²) in [5.74, 6) is 5.09. The number of carbonyl (C=O) groups excluding carboxylic acids is 1. The van der Waals surface area contributed by atoms with Crippen LogP contribution in [-0.4, -0.2) is 34.1 Å². The van der Waals surface area contributed by atoms with Crippen molar-refractivity contribution in [3.8, 4) is 17.6 Å². The van der Waals surface area contributed by atoms with Crippen molar-refractivity contribution >= 4 is 16.0 Å². The van der Waals surface area contributed by atoms with Crippen LogP contribution in [0.15, 0.2) is 29.2 Å². The lowest BCUT2D eigenvalue weighted by Gasteiger charge is -2.19. The van der Waals surface area contributed by atoms with E-state index in [1.807, 2.05) is 0 Å². The van der Waals surface area contributed by atoms with E-state index in [0.717, 1.165) is 0 Å². The first-order valence-corrected chi connectivity index (χ1v) is 8.52. The largest absolute Gasteiger partial charge is 0.481 e. The van der Waals surface area contributed by atoms with E-state index in [1.54, 1.807) is 20.8 Å². The Morgan fingerprint density at radius 3 is 2.35 bits per heavy atom. The van der Waals surface area contributed by atoms with Crippen LogP contribution in [0.1, 0.15) is 20.8 Å². The lowest BCUT2D eigenvalue weighted by molar-refractivity contribution is -0.143. The lowest BCUT2D eigenvalue weighted by Crippen LogP contribution is -2.44. The molecule has 0 bridgehead atoms. The number of carbonyl (C=O) groups is 1. The topological polar surface area (TPSA) is 81.7 Å². The summed E-state index contributed by atoms with van der Waals surface area (Å²) >= 11 is 0. The quantitative estimate of drug-likeness (QED) is 0.602. The summed E-state index contributed by atoms with van der Waals surface area (Å²) in [5.41, 5.74) is 0. The van der Waals surface area contributed by atoms with Gasteiger partial charge in [-0.2, -0.15) is 4.72 Å². The fourth-order valence-corrected chi connectivity index (χ4v) is 3.06. The van der Waals surface area contributed by atoms with Crippen molar-refractivity contribution in [1.82, 2.24) is 4.72 Å². The molecule has 0 aromatic heterocycles. The Balaban J connectivity index is 2.90. The summed E-state index contributed by atoms with van der Waals surface area (Å²) in [7, 11) is -2.62. The van der Waals surface area contributed by atoms with E-state index in [1.165, 1.54) is 31.4 Å². The van der Waals surface area contributed by atoms with Gasteiger partial charge >= 0.3 is 5.97 Å². The highest BCUT2D eigenvalue weighted by molar-refractivity contribution is 7.89. The number of hydrogen-bond acceptors (Lipinski definition) is 5. The van der Waals surface area contributed by atoms with Crippen LogP contribution in [-0.2, 0) is 19.6 Å². The summed E-state index contributed by atoms with van der Waals surface area (Å²) in [6, 6.07) is 4.95.